The van der Waals surface area contributed by atoms with Crippen molar-refractivity contribution in [2.75, 3.05) is 46.2 Å². The zero-order valence-corrected chi connectivity index (χ0v) is 30.8. The molecular weight excluding hydrogens is 592 g/mol. The van der Waals surface area contributed by atoms with Crippen molar-refractivity contribution in [3.8, 4) is 0 Å². The highest BCUT2D eigenvalue weighted by Crippen LogP contribution is 2.66. The van der Waals surface area contributed by atoms with E-state index in [0.29, 0.717) is 75.3 Å². The third kappa shape index (κ3) is 8.45. The number of rotatable bonds is 17. The van der Waals surface area contributed by atoms with Crippen molar-refractivity contribution >= 4 is 5.78 Å². The van der Waals surface area contributed by atoms with Gasteiger partial charge in [-0.15, -0.1) is 0 Å². The van der Waals surface area contributed by atoms with Crippen molar-refractivity contribution in [3.05, 3.63) is 23.3 Å². The first kappa shape index (κ1) is 37.2. The van der Waals surface area contributed by atoms with E-state index in [1.54, 1.807) is 5.57 Å². The normalized spacial score (nSPS) is 36.1. The van der Waals surface area contributed by atoms with Crippen LogP contribution in [0.3, 0.4) is 0 Å². The molecule has 0 bridgehead atoms. The first-order valence-electron chi connectivity index (χ1n) is 19.1. The molecule has 7 nitrogen and oxygen atoms in total. The Kier molecular flexibility index (Phi) is 12.9. The van der Waals surface area contributed by atoms with Gasteiger partial charge < -0.3 is 28.4 Å². The lowest BCUT2D eigenvalue weighted by Gasteiger charge is -2.57. The van der Waals surface area contributed by atoms with E-state index in [1.807, 2.05) is 27.7 Å². The fourth-order valence-corrected chi connectivity index (χ4v) is 10.4. The molecule has 7 heteroatoms. The fraction of sp³-hybridized carbons (Fsp3) is 0.875. The van der Waals surface area contributed by atoms with E-state index in [2.05, 4.69) is 32.9 Å². The first-order chi connectivity index (χ1) is 22.5. The summed E-state index contributed by atoms with van der Waals surface area (Å²) in [5.41, 5.74) is 2.81. The Balaban J connectivity index is 1.26. The molecule has 4 aliphatic carbocycles. The Bertz CT molecular complexity index is 1090. The summed E-state index contributed by atoms with van der Waals surface area (Å²) in [5, 5.41) is 0. The molecule has 5 rings (SSSR count). The number of ether oxygens (including phenoxy) is 6. The van der Waals surface area contributed by atoms with Crippen LogP contribution in [-0.2, 0) is 33.2 Å². The predicted molar refractivity (Wildman–Crippen MR) is 185 cm³/mol. The van der Waals surface area contributed by atoms with E-state index in [0.717, 1.165) is 45.3 Å². The standard InChI is InChI=1S/C40H66O7/c1-8-42-20-22-44-31-25-29-13-14-32-34-16-15-33(28(3)24-30(41)27-38(4,5)47-37-12-10-11-19-46-37)39(34,6)18-17-35(32)40(29,7)36(26-31)45-23-21-43-9-2/h13-14,28,31,33-37H,8-12,15-27H2,1-7H3/t28-,31+,33-,34+,35+,36+,37?,39-,40+/m1/s1. The molecule has 1 saturated heterocycles. The van der Waals surface area contributed by atoms with Crippen LogP contribution in [0.15, 0.2) is 23.3 Å². The van der Waals surface area contributed by atoms with Crippen molar-refractivity contribution in [1.82, 2.24) is 0 Å². The molecule has 3 saturated carbocycles. The molecule has 268 valence electrons. The largest absolute Gasteiger partial charge is 0.379 e. The van der Waals surface area contributed by atoms with Gasteiger partial charge in [0.05, 0.1) is 44.2 Å². The summed E-state index contributed by atoms with van der Waals surface area (Å²) in [6.45, 7) is 20.2. The maximum absolute atomic E-state index is 13.5. The fourth-order valence-electron chi connectivity index (χ4n) is 10.4. The van der Waals surface area contributed by atoms with E-state index < -0.39 is 5.60 Å². The van der Waals surface area contributed by atoms with Gasteiger partial charge in [0, 0.05) is 44.5 Å². The minimum Gasteiger partial charge on any atom is -0.379 e. The van der Waals surface area contributed by atoms with E-state index in [-0.39, 0.29) is 29.3 Å². The molecule has 1 heterocycles. The third-order valence-corrected chi connectivity index (χ3v) is 12.7. The van der Waals surface area contributed by atoms with Gasteiger partial charge in [-0.1, -0.05) is 44.1 Å². The molecule has 0 amide bonds. The van der Waals surface area contributed by atoms with Crippen molar-refractivity contribution < 1.29 is 33.2 Å². The molecule has 5 aliphatic rings. The Labute approximate surface area is 285 Å². The summed E-state index contributed by atoms with van der Waals surface area (Å²) in [4.78, 5) is 13.5. The summed E-state index contributed by atoms with van der Waals surface area (Å²) in [5.74, 6) is 2.28. The number of hydrogen-bond acceptors (Lipinski definition) is 7. The molecule has 0 aromatic carbocycles. The van der Waals surface area contributed by atoms with Crippen LogP contribution in [0.2, 0.25) is 0 Å². The number of ketones is 1. The summed E-state index contributed by atoms with van der Waals surface area (Å²) < 4.78 is 36.4. The second-order valence-corrected chi connectivity index (χ2v) is 16.2. The SMILES string of the molecule is CCOCCO[C@H]1CC2=CC=C3[C@@H]4CC[C@H]([C@H](C)CC(=O)CC(C)(C)OC5CCCCO5)[C@@]4(C)CC[C@@H]3[C@@]2(C)[C@@H](OCCOCC)C1. The lowest BCUT2D eigenvalue weighted by molar-refractivity contribution is -0.216. The molecular formula is C40H66O7. The Morgan fingerprint density at radius 1 is 0.957 bits per heavy atom. The molecule has 0 aromatic heterocycles. The van der Waals surface area contributed by atoms with Crippen LogP contribution >= 0.6 is 0 Å². The highest BCUT2D eigenvalue weighted by Gasteiger charge is 2.59. The number of carbonyl (C=O) groups excluding carboxylic acids is 1. The first-order valence-corrected chi connectivity index (χ1v) is 19.1. The number of allylic oxidation sites excluding steroid dienone is 3. The van der Waals surface area contributed by atoms with Gasteiger partial charge in [0.25, 0.3) is 0 Å². The zero-order valence-electron chi connectivity index (χ0n) is 30.8. The molecule has 0 spiro atoms. The Morgan fingerprint density at radius 2 is 1.70 bits per heavy atom. The Morgan fingerprint density at radius 3 is 2.40 bits per heavy atom. The molecule has 1 aliphatic heterocycles. The predicted octanol–water partition coefficient (Wildman–Crippen LogP) is 8.25. The summed E-state index contributed by atoms with van der Waals surface area (Å²) in [6, 6.07) is 0. The topological polar surface area (TPSA) is 72.5 Å². The van der Waals surface area contributed by atoms with Gasteiger partial charge in [0.15, 0.2) is 6.29 Å². The van der Waals surface area contributed by atoms with E-state index in [1.165, 1.54) is 31.3 Å². The number of fused-ring (bicyclic) bond motifs is 5. The molecule has 9 atom stereocenters. The van der Waals surface area contributed by atoms with Crippen molar-refractivity contribution in [1.29, 1.82) is 0 Å². The minimum absolute atomic E-state index is 0.0370. The van der Waals surface area contributed by atoms with Crippen LogP contribution in [0, 0.1) is 34.5 Å². The van der Waals surface area contributed by atoms with Gasteiger partial charge >= 0.3 is 0 Å². The molecule has 0 aromatic rings. The number of hydrogen-bond donors (Lipinski definition) is 0. The van der Waals surface area contributed by atoms with Crippen LogP contribution in [0.25, 0.3) is 0 Å². The smallest absolute Gasteiger partial charge is 0.158 e. The van der Waals surface area contributed by atoms with Gasteiger partial charge in [0.1, 0.15) is 5.78 Å². The lowest BCUT2D eigenvalue weighted by atomic mass is 9.49. The maximum atomic E-state index is 13.5. The van der Waals surface area contributed by atoms with Crippen molar-refractivity contribution in [2.45, 2.75) is 143 Å². The molecule has 4 fully saturated rings. The monoisotopic (exact) mass is 658 g/mol. The Hall–Kier alpha value is -1.09. The maximum Gasteiger partial charge on any atom is 0.158 e. The second kappa shape index (κ2) is 16.3. The van der Waals surface area contributed by atoms with Gasteiger partial charge in [-0.3, -0.25) is 4.79 Å². The minimum atomic E-state index is -0.500. The average molecular weight is 659 g/mol. The van der Waals surface area contributed by atoms with Crippen molar-refractivity contribution in [3.63, 3.8) is 0 Å². The number of Topliss-reactive ketones (excluding diaryl/α,β-unsaturated/α-hetero) is 1. The highest BCUT2D eigenvalue weighted by molar-refractivity contribution is 5.79. The second-order valence-electron chi connectivity index (χ2n) is 16.2. The highest BCUT2D eigenvalue weighted by atomic mass is 16.7. The van der Waals surface area contributed by atoms with E-state index >= 15 is 0 Å². The molecule has 47 heavy (non-hydrogen) atoms. The van der Waals surface area contributed by atoms with Gasteiger partial charge in [-0.25, -0.2) is 0 Å². The average Bonchev–Trinajstić information content (AvgIpc) is 3.39. The van der Waals surface area contributed by atoms with E-state index in [4.69, 9.17) is 28.4 Å². The van der Waals surface area contributed by atoms with Gasteiger partial charge in [-0.05, 0) is 108 Å². The van der Waals surface area contributed by atoms with Crippen LogP contribution in [-0.4, -0.2) is 76.1 Å². The molecule has 0 radical (unpaired) electrons. The van der Waals surface area contributed by atoms with Gasteiger partial charge in [-0.2, -0.15) is 0 Å². The lowest BCUT2D eigenvalue weighted by Crippen LogP contribution is -2.54. The van der Waals surface area contributed by atoms with E-state index in [9.17, 15) is 4.79 Å². The van der Waals surface area contributed by atoms with Crippen LogP contribution in [0.4, 0.5) is 0 Å². The van der Waals surface area contributed by atoms with Crippen LogP contribution < -0.4 is 0 Å². The molecule has 1 unspecified atom stereocenters. The number of carbonyl (C=O) groups is 1. The summed E-state index contributed by atoms with van der Waals surface area (Å²) >= 11 is 0. The summed E-state index contributed by atoms with van der Waals surface area (Å²) in [6.07, 6.45) is 15.9. The van der Waals surface area contributed by atoms with Crippen LogP contribution in [0.5, 0.6) is 0 Å². The molecule has 0 N–H and O–H groups in total. The zero-order chi connectivity index (χ0) is 33.7. The van der Waals surface area contributed by atoms with Crippen molar-refractivity contribution in [2.24, 2.45) is 34.5 Å². The third-order valence-electron chi connectivity index (χ3n) is 12.7. The quantitative estimate of drug-likeness (QED) is 0.146. The van der Waals surface area contributed by atoms with Crippen LogP contribution in [0.1, 0.15) is 119 Å². The van der Waals surface area contributed by atoms with Gasteiger partial charge in [0.2, 0.25) is 0 Å². The summed E-state index contributed by atoms with van der Waals surface area (Å²) in [7, 11) is 0.